The zero-order valence-electron chi connectivity index (χ0n) is 13.0. The van der Waals surface area contributed by atoms with Crippen molar-refractivity contribution in [2.75, 3.05) is 5.88 Å². The molecule has 0 aliphatic carbocycles. The molecule has 0 aliphatic heterocycles. The molecule has 1 unspecified atom stereocenters. The van der Waals surface area contributed by atoms with Crippen molar-refractivity contribution in [3.8, 4) is 0 Å². The van der Waals surface area contributed by atoms with Gasteiger partial charge in [-0.05, 0) is 30.8 Å². The highest BCUT2D eigenvalue weighted by atomic mass is 35.5. The van der Waals surface area contributed by atoms with Crippen LogP contribution in [0.4, 0.5) is 0 Å². The van der Waals surface area contributed by atoms with Crippen molar-refractivity contribution in [3.63, 3.8) is 0 Å². The van der Waals surface area contributed by atoms with E-state index < -0.39 is 0 Å². The first-order chi connectivity index (χ1) is 8.98. The third kappa shape index (κ3) is 5.16. The van der Waals surface area contributed by atoms with Crippen LogP contribution in [0, 0.1) is 11.3 Å². The summed E-state index contributed by atoms with van der Waals surface area (Å²) in [5, 5.41) is 0. The van der Waals surface area contributed by atoms with E-state index in [1.165, 1.54) is 5.57 Å². The van der Waals surface area contributed by atoms with Gasteiger partial charge in [-0.1, -0.05) is 58.6 Å². The van der Waals surface area contributed by atoms with Crippen LogP contribution in [0.25, 0.3) is 0 Å². The van der Waals surface area contributed by atoms with Crippen LogP contribution in [-0.2, 0) is 0 Å². The van der Waals surface area contributed by atoms with E-state index in [9.17, 15) is 0 Å². The second-order valence-corrected chi connectivity index (χ2v) is 5.82. The van der Waals surface area contributed by atoms with Gasteiger partial charge in [-0.25, -0.2) is 0 Å². The molecule has 0 saturated carbocycles. The first-order valence-electron chi connectivity index (χ1n) is 7.29. The van der Waals surface area contributed by atoms with Crippen LogP contribution in [0.2, 0.25) is 0 Å². The monoisotopic (exact) mass is 283 g/mol. The van der Waals surface area contributed by atoms with Gasteiger partial charge in [0.15, 0.2) is 0 Å². The minimum atomic E-state index is 0.0149. The lowest BCUT2D eigenvalue weighted by Crippen LogP contribution is -2.43. The maximum atomic E-state index is 6.54. The Labute approximate surface area is 124 Å². The number of rotatable bonds is 9. The minimum absolute atomic E-state index is 0.0149. The number of hydrogen-bond donors (Lipinski definition) is 1. The summed E-state index contributed by atoms with van der Waals surface area (Å²) in [6.45, 7) is 12.7. The fourth-order valence-corrected chi connectivity index (χ4v) is 2.91. The molecule has 19 heavy (non-hydrogen) atoms. The van der Waals surface area contributed by atoms with Crippen molar-refractivity contribution >= 4 is 11.6 Å². The molecule has 0 heterocycles. The summed E-state index contributed by atoms with van der Waals surface area (Å²) in [4.78, 5) is 0. The van der Waals surface area contributed by atoms with Crippen LogP contribution >= 0.6 is 11.6 Å². The molecule has 0 aliphatic rings. The summed E-state index contributed by atoms with van der Waals surface area (Å²) < 4.78 is 0. The highest BCUT2D eigenvalue weighted by Crippen LogP contribution is 2.40. The predicted molar refractivity (Wildman–Crippen MR) is 88.6 cm³/mol. The highest BCUT2D eigenvalue weighted by Gasteiger charge is 2.35. The normalized spacial score (nSPS) is 15.2. The molecule has 0 radical (unpaired) electrons. The third-order valence-corrected chi connectivity index (χ3v) is 4.13. The zero-order valence-corrected chi connectivity index (χ0v) is 13.7. The molecule has 2 heteroatoms. The first kappa shape index (κ1) is 18.5. The average Bonchev–Trinajstić information content (AvgIpc) is 2.37. The molecule has 2 N–H and O–H groups in total. The number of allylic oxidation sites excluding steroid dienone is 4. The number of alkyl halides is 1. The second kappa shape index (κ2) is 9.39. The largest absolute Gasteiger partial charge is 0.327 e. The molecular weight excluding hydrogens is 254 g/mol. The summed E-state index contributed by atoms with van der Waals surface area (Å²) in [6, 6.07) is 0.161. The van der Waals surface area contributed by atoms with E-state index >= 15 is 0 Å². The Hall–Kier alpha value is -0.530. The van der Waals surface area contributed by atoms with Crippen molar-refractivity contribution in [2.45, 2.75) is 53.0 Å². The number of hydrogen-bond acceptors (Lipinski definition) is 1. The smallest absolute Gasteiger partial charge is 0.0407 e. The Morgan fingerprint density at radius 1 is 1.32 bits per heavy atom. The molecule has 1 nitrogen and oxygen atoms in total. The standard InChI is InChI=1S/C17H30ClN/c1-6-10-15(11-9-12-18)17(7-2,8-3)16(19)13-14(4)5/h6,9-11,14,16H,1,7-8,12-13,19H2,2-5H3/b11-9-,15-10+. The Morgan fingerprint density at radius 2 is 1.89 bits per heavy atom. The molecule has 0 bridgehead atoms. The Kier molecular flexibility index (Phi) is 9.12. The molecule has 0 amide bonds. The van der Waals surface area contributed by atoms with Gasteiger partial charge in [0.1, 0.15) is 0 Å². The molecule has 0 rings (SSSR count). The Bertz CT molecular complexity index is 311. The average molecular weight is 284 g/mol. The van der Waals surface area contributed by atoms with Gasteiger partial charge in [0, 0.05) is 17.3 Å². The molecule has 0 aromatic heterocycles. The summed E-state index contributed by atoms with van der Waals surface area (Å²) in [5.41, 5.74) is 7.80. The summed E-state index contributed by atoms with van der Waals surface area (Å²) in [6.07, 6.45) is 11.1. The summed E-state index contributed by atoms with van der Waals surface area (Å²) >= 11 is 5.78. The highest BCUT2D eigenvalue weighted by molar-refractivity contribution is 6.18. The fraction of sp³-hybridized carbons (Fsp3) is 0.647. The van der Waals surface area contributed by atoms with E-state index in [1.807, 2.05) is 12.2 Å². The fourth-order valence-electron chi connectivity index (χ4n) is 2.82. The number of halogens is 1. The van der Waals surface area contributed by atoms with Gasteiger partial charge in [0.25, 0.3) is 0 Å². The molecule has 0 spiro atoms. The van der Waals surface area contributed by atoms with Crippen LogP contribution in [0.3, 0.4) is 0 Å². The molecule has 1 atom stereocenters. The van der Waals surface area contributed by atoms with Gasteiger partial charge in [-0.15, -0.1) is 11.6 Å². The zero-order chi connectivity index (χ0) is 14.9. The van der Waals surface area contributed by atoms with Gasteiger partial charge in [0.2, 0.25) is 0 Å². The molecule has 110 valence electrons. The minimum Gasteiger partial charge on any atom is -0.327 e. The quantitative estimate of drug-likeness (QED) is 0.464. The van der Waals surface area contributed by atoms with Crippen LogP contribution in [0.15, 0.2) is 36.5 Å². The Morgan fingerprint density at radius 3 is 2.26 bits per heavy atom. The molecule has 0 fully saturated rings. The van der Waals surface area contributed by atoms with Crippen LogP contribution in [0.5, 0.6) is 0 Å². The van der Waals surface area contributed by atoms with Crippen LogP contribution in [0.1, 0.15) is 47.0 Å². The Balaban J connectivity index is 5.48. The third-order valence-electron chi connectivity index (χ3n) is 3.96. The van der Waals surface area contributed by atoms with Gasteiger partial charge in [-0.2, -0.15) is 0 Å². The van der Waals surface area contributed by atoms with Crippen molar-refractivity contribution in [1.82, 2.24) is 0 Å². The lowest BCUT2D eigenvalue weighted by Gasteiger charge is -2.40. The van der Waals surface area contributed by atoms with E-state index in [1.54, 1.807) is 0 Å². The van der Waals surface area contributed by atoms with Gasteiger partial charge in [-0.3, -0.25) is 0 Å². The summed E-state index contributed by atoms with van der Waals surface area (Å²) in [7, 11) is 0. The summed E-state index contributed by atoms with van der Waals surface area (Å²) in [5.74, 6) is 1.13. The van der Waals surface area contributed by atoms with E-state index in [2.05, 4.69) is 46.4 Å². The SMILES string of the molecule is C=C/C=C(\C=C/CCl)C(CC)(CC)C(N)CC(C)C. The van der Waals surface area contributed by atoms with E-state index in [0.717, 1.165) is 19.3 Å². The predicted octanol–water partition coefficient (Wildman–Crippen LogP) is 5.07. The lowest BCUT2D eigenvalue weighted by atomic mass is 9.67. The van der Waals surface area contributed by atoms with E-state index in [4.69, 9.17) is 17.3 Å². The molecule has 0 saturated heterocycles. The molecule has 0 aromatic rings. The first-order valence-corrected chi connectivity index (χ1v) is 7.83. The lowest BCUT2D eigenvalue weighted by molar-refractivity contribution is 0.236. The maximum Gasteiger partial charge on any atom is 0.0407 e. The maximum absolute atomic E-state index is 6.54. The van der Waals surface area contributed by atoms with Crippen molar-refractivity contribution in [3.05, 3.63) is 36.5 Å². The number of nitrogens with two attached hydrogens (primary N) is 1. The van der Waals surface area contributed by atoms with E-state index in [-0.39, 0.29) is 11.5 Å². The van der Waals surface area contributed by atoms with E-state index in [0.29, 0.717) is 11.8 Å². The van der Waals surface area contributed by atoms with Gasteiger partial charge in [0.05, 0.1) is 0 Å². The molecular formula is C17H30ClN. The van der Waals surface area contributed by atoms with Gasteiger partial charge < -0.3 is 5.73 Å². The topological polar surface area (TPSA) is 26.0 Å². The van der Waals surface area contributed by atoms with Crippen molar-refractivity contribution in [1.29, 1.82) is 0 Å². The van der Waals surface area contributed by atoms with Crippen molar-refractivity contribution in [2.24, 2.45) is 17.1 Å². The van der Waals surface area contributed by atoms with Crippen molar-refractivity contribution < 1.29 is 0 Å². The second-order valence-electron chi connectivity index (χ2n) is 5.51. The van der Waals surface area contributed by atoms with Crippen LogP contribution < -0.4 is 5.73 Å². The molecule has 0 aromatic carbocycles. The van der Waals surface area contributed by atoms with Gasteiger partial charge >= 0.3 is 0 Å². The van der Waals surface area contributed by atoms with Crippen LogP contribution in [-0.4, -0.2) is 11.9 Å².